The van der Waals surface area contributed by atoms with Crippen LogP contribution in [0.5, 0.6) is 17.2 Å². The summed E-state index contributed by atoms with van der Waals surface area (Å²) in [4.78, 5) is 24.2. The highest BCUT2D eigenvalue weighted by Crippen LogP contribution is 2.38. The molecule has 2 rings (SSSR count). The number of halogens is 1. The van der Waals surface area contributed by atoms with E-state index in [-0.39, 0.29) is 18.7 Å². The average Bonchev–Trinajstić information content (AvgIpc) is 2.78. The molecule has 0 bridgehead atoms. The van der Waals surface area contributed by atoms with Crippen molar-refractivity contribution < 1.29 is 28.5 Å². The second kappa shape index (κ2) is 10.8. The Bertz CT molecular complexity index is 848. The second-order valence-corrected chi connectivity index (χ2v) is 6.92. The predicted octanol–water partition coefficient (Wildman–Crippen LogP) is 3.53. The molecule has 0 spiro atoms. The number of benzene rings is 2. The third-order valence-corrected chi connectivity index (χ3v) is 4.98. The van der Waals surface area contributed by atoms with Gasteiger partial charge >= 0.3 is 5.97 Å². The van der Waals surface area contributed by atoms with Gasteiger partial charge in [0, 0.05) is 0 Å². The summed E-state index contributed by atoms with van der Waals surface area (Å²) in [5, 5.41) is 2.61. The fraction of sp³-hybridized carbons (Fsp3) is 0.364. The number of carbonyl (C=O) groups excluding carboxylic acids is 2. The SMILES string of the molecule is CC[C@](COC(=O)c1cc(OC)c(OC)c(OC)c1)(NCC(=O)Cl)c1ccccc1. The van der Waals surface area contributed by atoms with Gasteiger partial charge in [-0.25, -0.2) is 4.79 Å². The smallest absolute Gasteiger partial charge is 0.338 e. The molecule has 2 aromatic carbocycles. The van der Waals surface area contributed by atoms with Crippen molar-refractivity contribution >= 4 is 22.8 Å². The summed E-state index contributed by atoms with van der Waals surface area (Å²) >= 11 is 5.53. The van der Waals surface area contributed by atoms with Crippen LogP contribution in [0.3, 0.4) is 0 Å². The zero-order valence-electron chi connectivity index (χ0n) is 17.5. The number of carbonyl (C=O) groups is 2. The number of esters is 1. The second-order valence-electron chi connectivity index (χ2n) is 6.50. The third-order valence-electron chi connectivity index (χ3n) is 4.85. The van der Waals surface area contributed by atoms with E-state index in [1.54, 1.807) is 0 Å². The summed E-state index contributed by atoms with van der Waals surface area (Å²) in [6.07, 6.45) is 0.559. The van der Waals surface area contributed by atoms with Gasteiger partial charge in [-0.3, -0.25) is 10.1 Å². The lowest BCUT2D eigenvalue weighted by molar-refractivity contribution is -0.111. The Morgan fingerprint density at radius 1 is 1.00 bits per heavy atom. The molecule has 0 saturated carbocycles. The van der Waals surface area contributed by atoms with Crippen LogP contribution in [0.15, 0.2) is 42.5 Å². The molecule has 0 heterocycles. The number of rotatable bonds is 11. The van der Waals surface area contributed by atoms with E-state index in [1.807, 2.05) is 37.3 Å². The van der Waals surface area contributed by atoms with Gasteiger partial charge in [-0.1, -0.05) is 37.3 Å². The van der Waals surface area contributed by atoms with Crippen molar-refractivity contribution in [2.75, 3.05) is 34.5 Å². The summed E-state index contributed by atoms with van der Waals surface area (Å²) in [7, 11) is 4.42. The molecule has 8 heteroatoms. The Morgan fingerprint density at radius 2 is 1.60 bits per heavy atom. The van der Waals surface area contributed by atoms with E-state index >= 15 is 0 Å². The topological polar surface area (TPSA) is 83.1 Å². The Balaban J connectivity index is 2.30. The van der Waals surface area contributed by atoms with Gasteiger partial charge in [0.15, 0.2) is 11.5 Å². The first-order valence-corrected chi connectivity index (χ1v) is 9.74. The quantitative estimate of drug-likeness (QED) is 0.427. The Kier molecular flexibility index (Phi) is 8.50. The first-order valence-electron chi connectivity index (χ1n) is 9.36. The first-order chi connectivity index (χ1) is 14.4. The van der Waals surface area contributed by atoms with Crippen LogP contribution in [0.4, 0.5) is 0 Å². The molecule has 0 radical (unpaired) electrons. The molecule has 30 heavy (non-hydrogen) atoms. The lowest BCUT2D eigenvalue weighted by atomic mass is 9.88. The van der Waals surface area contributed by atoms with Crippen LogP contribution in [0.25, 0.3) is 0 Å². The number of ether oxygens (including phenoxy) is 4. The fourth-order valence-corrected chi connectivity index (χ4v) is 3.20. The first kappa shape index (κ1) is 23.5. The molecule has 0 amide bonds. The monoisotopic (exact) mass is 435 g/mol. The van der Waals surface area contributed by atoms with Crippen LogP contribution >= 0.6 is 11.6 Å². The third kappa shape index (κ3) is 5.43. The largest absolute Gasteiger partial charge is 0.493 e. The highest BCUT2D eigenvalue weighted by atomic mass is 35.5. The number of hydrogen-bond donors (Lipinski definition) is 1. The molecule has 1 N–H and O–H groups in total. The van der Waals surface area contributed by atoms with Crippen molar-refractivity contribution in [1.29, 1.82) is 0 Å². The molecule has 1 atom stereocenters. The van der Waals surface area contributed by atoms with E-state index in [9.17, 15) is 9.59 Å². The van der Waals surface area contributed by atoms with Gasteiger partial charge in [0.2, 0.25) is 11.0 Å². The van der Waals surface area contributed by atoms with Crippen molar-refractivity contribution in [1.82, 2.24) is 5.32 Å². The average molecular weight is 436 g/mol. The van der Waals surface area contributed by atoms with Gasteiger partial charge in [-0.05, 0) is 35.7 Å². The maximum absolute atomic E-state index is 12.8. The normalized spacial score (nSPS) is 12.6. The lowest BCUT2D eigenvalue weighted by Crippen LogP contribution is -2.48. The minimum absolute atomic E-state index is 0.00677. The minimum atomic E-state index is -0.776. The summed E-state index contributed by atoms with van der Waals surface area (Å²) < 4.78 is 21.5. The summed E-state index contributed by atoms with van der Waals surface area (Å²) in [6.45, 7) is 1.87. The van der Waals surface area contributed by atoms with E-state index < -0.39 is 16.8 Å². The number of methoxy groups -OCH3 is 3. The maximum Gasteiger partial charge on any atom is 0.338 e. The predicted molar refractivity (Wildman–Crippen MR) is 114 cm³/mol. The Morgan fingerprint density at radius 3 is 2.07 bits per heavy atom. The maximum atomic E-state index is 12.8. The highest BCUT2D eigenvalue weighted by molar-refractivity contribution is 6.64. The van der Waals surface area contributed by atoms with Gasteiger partial charge in [0.1, 0.15) is 6.61 Å². The lowest BCUT2D eigenvalue weighted by Gasteiger charge is -2.33. The number of hydrogen-bond acceptors (Lipinski definition) is 7. The van der Waals surface area contributed by atoms with Crippen LogP contribution in [-0.4, -0.2) is 45.7 Å². The van der Waals surface area contributed by atoms with Crippen molar-refractivity contribution in [3.63, 3.8) is 0 Å². The van der Waals surface area contributed by atoms with E-state index in [2.05, 4.69) is 5.32 Å². The van der Waals surface area contributed by atoms with E-state index in [0.29, 0.717) is 23.7 Å². The molecule has 0 aliphatic heterocycles. The van der Waals surface area contributed by atoms with Gasteiger partial charge in [-0.15, -0.1) is 0 Å². The van der Waals surface area contributed by atoms with Crippen LogP contribution in [-0.2, 0) is 15.1 Å². The van der Waals surface area contributed by atoms with Crippen molar-refractivity contribution in [3.05, 3.63) is 53.6 Å². The van der Waals surface area contributed by atoms with Crippen LogP contribution < -0.4 is 19.5 Å². The molecule has 0 unspecified atom stereocenters. The zero-order valence-corrected chi connectivity index (χ0v) is 18.2. The highest BCUT2D eigenvalue weighted by Gasteiger charge is 2.32. The number of nitrogens with one attached hydrogen (secondary N) is 1. The van der Waals surface area contributed by atoms with Crippen LogP contribution in [0, 0.1) is 0 Å². The summed E-state index contributed by atoms with van der Waals surface area (Å²) in [5.74, 6) is 0.506. The molecule has 0 fully saturated rings. The molecule has 0 aliphatic rings. The molecular formula is C22H26ClNO6. The zero-order chi connectivity index (χ0) is 22.1. The van der Waals surface area contributed by atoms with E-state index in [0.717, 1.165) is 5.56 Å². The van der Waals surface area contributed by atoms with Gasteiger partial charge < -0.3 is 18.9 Å². The Hall–Kier alpha value is -2.77. The van der Waals surface area contributed by atoms with Crippen LogP contribution in [0.2, 0.25) is 0 Å². The van der Waals surface area contributed by atoms with Crippen molar-refractivity contribution in [3.8, 4) is 17.2 Å². The van der Waals surface area contributed by atoms with Gasteiger partial charge in [0.05, 0.1) is 39.0 Å². The molecule has 7 nitrogen and oxygen atoms in total. The van der Waals surface area contributed by atoms with E-state index in [1.165, 1.54) is 33.5 Å². The van der Waals surface area contributed by atoms with Gasteiger partial charge in [-0.2, -0.15) is 0 Å². The molecule has 0 aliphatic carbocycles. The fourth-order valence-electron chi connectivity index (χ4n) is 3.13. The van der Waals surface area contributed by atoms with Gasteiger partial charge in [0.25, 0.3) is 0 Å². The minimum Gasteiger partial charge on any atom is -0.493 e. The van der Waals surface area contributed by atoms with Crippen LogP contribution in [0.1, 0.15) is 29.3 Å². The van der Waals surface area contributed by atoms with Crippen molar-refractivity contribution in [2.45, 2.75) is 18.9 Å². The standard InChI is InChI=1S/C22H26ClNO6/c1-5-22(24-13-19(23)25,16-9-7-6-8-10-16)14-30-21(26)15-11-17(27-2)20(29-4)18(12-15)28-3/h6-12,24H,5,13-14H2,1-4H3/t22-/m1/s1. The molecule has 2 aromatic rings. The Labute approximate surface area is 181 Å². The summed E-state index contributed by atoms with van der Waals surface area (Å²) in [5.41, 5.74) is 0.348. The molecule has 0 aromatic heterocycles. The summed E-state index contributed by atoms with van der Waals surface area (Å²) in [6, 6.07) is 12.5. The molecule has 0 saturated heterocycles. The van der Waals surface area contributed by atoms with E-state index in [4.69, 9.17) is 30.5 Å². The molecular weight excluding hydrogens is 410 g/mol. The van der Waals surface area contributed by atoms with Crippen molar-refractivity contribution in [2.24, 2.45) is 0 Å². The molecule has 162 valence electrons.